The van der Waals surface area contributed by atoms with Crippen molar-refractivity contribution in [3.63, 3.8) is 0 Å². The van der Waals surface area contributed by atoms with Gasteiger partial charge in [0.1, 0.15) is 18.1 Å². The van der Waals surface area contributed by atoms with Crippen LogP contribution < -0.4 is 21.7 Å². The predicted octanol–water partition coefficient (Wildman–Crippen LogP) is -1.20. The molecule has 184 valence electrons. The molecule has 0 saturated heterocycles. The van der Waals surface area contributed by atoms with Gasteiger partial charge in [0.15, 0.2) is 0 Å². The molecule has 0 heterocycles. The van der Waals surface area contributed by atoms with Gasteiger partial charge in [-0.3, -0.25) is 19.2 Å². The third-order valence-electron chi connectivity index (χ3n) is 4.91. The summed E-state index contributed by atoms with van der Waals surface area (Å²) >= 11 is 0. The lowest BCUT2D eigenvalue weighted by molar-refractivity contribution is -0.147. The molecule has 0 aromatic heterocycles. The van der Waals surface area contributed by atoms with Gasteiger partial charge in [-0.2, -0.15) is 0 Å². The predicted molar refractivity (Wildman–Crippen MR) is 114 cm³/mol. The van der Waals surface area contributed by atoms with Crippen molar-refractivity contribution >= 4 is 29.7 Å². The minimum absolute atomic E-state index is 0.126. The Morgan fingerprint density at radius 2 is 1.34 bits per heavy atom. The van der Waals surface area contributed by atoms with Gasteiger partial charge in [0.05, 0.1) is 18.6 Å². The molecule has 12 heteroatoms. The number of rotatable bonds is 14. The van der Waals surface area contributed by atoms with Crippen LogP contribution >= 0.6 is 0 Å². The maximum Gasteiger partial charge on any atom is 0.326 e. The fraction of sp³-hybridized carbons (Fsp3) is 0.750. The maximum atomic E-state index is 12.8. The van der Waals surface area contributed by atoms with E-state index >= 15 is 0 Å². The van der Waals surface area contributed by atoms with E-state index in [1.807, 2.05) is 13.8 Å². The molecule has 0 bridgehead atoms. The summed E-state index contributed by atoms with van der Waals surface area (Å²) in [4.78, 5) is 59.9. The molecule has 12 nitrogen and oxygen atoms in total. The number of hydrogen-bond acceptors (Lipinski definition) is 7. The van der Waals surface area contributed by atoms with Crippen molar-refractivity contribution < 1.29 is 39.3 Å². The Bertz CT molecular complexity index is 683. The lowest BCUT2D eigenvalue weighted by atomic mass is 9.97. The summed E-state index contributed by atoms with van der Waals surface area (Å²) < 4.78 is 0. The number of carbonyl (C=O) groups is 5. The summed E-state index contributed by atoms with van der Waals surface area (Å²) in [5, 5.41) is 34.9. The van der Waals surface area contributed by atoms with Crippen LogP contribution in [-0.2, 0) is 24.0 Å². The highest BCUT2D eigenvalue weighted by Gasteiger charge is 2.34. The molecule has 0 rings (SSSR count). The first-order valence-corrected chi connectivity index (χ1v) is 10.5. The number of nitrogens with one attached hydrogen (secondary N) is 3. The number of aliphatic hydroxyl groups excluding tert-OH is 1. The first-order valence-electron chi connectivity index (χ1n) is 10.5. The second kappa shape index (κ2) is 13.6. The normalized spacial score (nSPS) is 16.8. The fourth-order valence-electron chi connectivity index (χ4n) is 2.86. The summed E-state index contributed by atoms with van der Waals surface area (Å²) in [7, 11) is 0. The summed E-state index contributed by atoms with van der Waals surface area (Å²) in [5.74, 6) is -5.70. The average molecular weight is 461 g/mol. The van der Waals surface area contributed by atoms with Crippen molar-refractivity contribution in [2.45, 2.75) is 84.2 Å². The number of aliphatic carboxylic acids is 2. The molecule has 0 aromatic rings. The van der Waals surface area contributed by atoms with Crippen LogP contribution in [0.3, 0.4) is 0 Å². The van der Waals surface area contributed by atoms with Gasteiger partial charge in [-0.1, -0.05) is 34.1 Å². The molecule has 6 unspecified atom stereocenters. The van der Waals surface area contributed by atoms with E-state index in [0.29, 0.717) is 12.8 Å². The highest BCUT2D eigenvalue weighted by atomic mass is 16.4. The van der Waals surface area contributed by atoms with Crippen LogP contribution in [-0.4, -0.2) is 75.3 Å². The monoisotopic (exact) mass is 460 g/mol. The second-order valence-corrected chi connectivity index (χ2v) is 8.33. The maximum absolute atomic E-state index is 12.8. The van der Waals surface area contributed by atoms with Crippen LogP contribution in [0.1, 0.15) is 53.9 Å². The van der Waals surface area contributed by atoms with Gasteiger partial charge < -0.3 is 37.0 Å². The minimum atomic E-state index is -1.69. The van der Waals surface area contributed by atoms with Gasteiger partial charge in [-0.15, -0.1) is 0 Å². The summed E-state index contributed by atoms with van der Waals surface area (Å²) in [6, 6.07) is -5.23. The van der Waals surface area contributed by atoms with E-state index in [9.17, 15) is 29.1 Å². The molecule has 8 N–H and O–H groups in total. The Morgan fingerprint density at radius 1 is 0.844 bits per heavy atom. The van der Waals surface area contributed by atoms with E-state index in [-0.39, 0.29) is 5.92 Å². The number of amides is 3. The number of carboxylic acid groups (broad SMARTS) is 2. The van der Waals surface area contributed by atoms with Crippen molar-refractivity contribution in [1.29, 1.82) is 0 Å². The SMILES string of the molecule is CCC(C)C(NC(=O)C(NC(=O)C(N)CC(C)C)C(C)O)C(=O)NC(CC(=O)O)C(=O)O. The molecule has 0 radical (unpaired) electrons. The summed E-state index contributed by atoms with van der Waals surface area (Å²) in [6.07, 6.45) is -1.38. The van der Waals surface area contributed by atoms with Gasteiger partial charge in [0, 0.05) is 0 Å². The van der Waals surface area contributed by atoms with Crippen LogP contribution in [0.25, 0.3) is 0 Å². The Labute approximate surface area is 187 Å². The highest BCUT2D eigenvalue weighted by Crippen LogP contribution is 2.10. The largest absolute Gasteiger partial charge is 0.481 e. The molecule has 0 saturated carbocycles. The van der Waals surface area contributed by atoms with Crippen LogP contribution in [0.2, 0.25) is 0 Å². The third-order valence-corrected chi connectivity index (χ3v) is 4.91. The molecule has 3 amide bonds. The van der Waals surface area contributed by atoms with Crippen molar-refractivity contribution in [2.24, 2.45) is 17.6 Å². The number of nitrogens with two attached hydrogens (primary N) is 1. The molecular formula is C20H36N4O8. The van der Waals surface area contributed by atoms with Crippen LogP contribution in [0, 0.1) is 11.8 Å². The summed E-state index contributed by atoms with van der Waals surface area (Å²) in [5.41, 5.74) is 5.82. The van der Waals surface area contributed by atoms with Crippen molar-refractivity contribution in [2.75, 3.05) is 0 Å². The lowest BCUT2D eigenvalue weighted by Gasteiger charge is -2.29. The Hall–Kier alpha value is -2.73. The van der Waals surface area contributed by atoms with Gasteiger partial charge in [0.25, 0.3) is 0 Å². The second-order valence-electron chi connectivity index (χ2n) is 8.33. The van der Waals surface area contributed by atoms with E-state index in [4.69, 9.17) is 15.9 Å². The van der Waals surface area contributed by atoms with Gasteiger partial charge in [-0.25, -0.2) is 4.79 Å². The van der Waals surface area contributed by atoms with E-state index in [1.54, 1.807) is 13.8 Å². The van der Waals surface area contributed by atoms with Crippen molar-refractivity contribution in [1.82, 2.24) is 16.0 Å². The smallest absolute Gasteiger partial charge is 0.326 e. The number of aliphatic hydroxyl groups is 1. The third kappa shape index (κ3) is 10.1. The van der Waals surface area contributed by atoms with Crippen molar-refractivity contribution in [3.05, 3.63) is 0 Å². The highest BCUT2D eigenvalue weighted by molar-refractivity contribution is 5.95. The molecule has 32 heavy (non-hydrogen) atoms. The fourth-order valence-corrected chi connectivity index (χ4v) is 2.86. The quantitative estimate of drug-likeness (QED) is 0.166. The Morgan fingerprint density at radius 3 is 1.75 bits per heavy atom. The van der Waals surface area contributed by atoms with E-state index in [0.717, 1.165) is 0 Å². The van der Waals surface area contributed by atoms with E-state index in [2.05, 4.69) is 16.0 Å². The molecule has 0 aliphatic heterocycles. The molecule has 0 spiro atoms. The van der Waals surface area contributed by atoms with E-state index < -0.39 is 72.3 Å². The molecule has 0 aliphatic rings. The molecule has 6 atom stereocenters. The molecule has 0 aromatic carbocycles. The number of hydrogen-bond donors (Lipinski definition) is 7. The van der Waals surface area contributed by atoms with E-state index in [1.165, 1.54) is 6.92 Å². The zero-order chi connectivity index (χ0) is 25.2. The first kappa shape index (κ1) is 29.3. The lowest BCUT2D eigenvalue weighted by Crippen LogP contribution is -2.61. The number of carbonyl (C=O) groups excluding carboxylic acids is 3. The Balaban J connectivity index is 5.50. The zero-order valence-electron chi connectivity index (χ0n) is 19.1. The van der Waals surface area contributed by atoms with Gasteiger partial charge in [0.2, 0.25) is 17.7 Å². The molecular weight excluding hydrogens is 424 g/mol. The topological polar surface area (TPSA) is 208 Å². The number of carboxylic acids is 2. The van der Waals surface area contributed by atoms with Gasteiger partial charge in [-0.05, 0) is 25.2 Å². The minimum Gasteiger partial charge on any atom is -0.481 e. The van der Waals surface area contributed by atoms with Crippen molar-refractivity contribution in [3.8, 4) is 0 Å². The van der Waals surface area contributed by atoms with Crippen LogP contribution in [0.4, 0.5) is 0 Å². The zero-order valence-corrected chi connectivity index (χ0v) is 19.1. The molecule has 0 aliphatic carbocycles. The first-order chi connectivity index (χ1) is 14.7. The summed E-state index contributed by atoms with van der Waals surface area (Å²) in [6.45, 7) is 8.39. The molecule has 0 fully saturated rings. The van der Waals surface area contributed by atoms with Gasteiger partial charge >= 0.3 is 11.9 Å². The van der Waals surface area contributed by atoms with Crippen LogP contribution in [0.15, 0.2) is 0 Å². The Kier molecular flexibility index (Phi) is 12.5. The van der Waals surface area contributed by atoms with Crippen LogP contribution in [0.5, 0.6) is 0 Å². The standard InChI is InChI=1S/C20H36N4O8/c1-6-10(4)15(18(29)22-13(20(31)32)8-14(26)27)23-19(30)16(11(5)25)24-17(28)12(21)7-9(2)3/h9-13,15-16,25H,6-8,21H2,1-5H3,(H,22,29)(H,23,30)(H,24,28)(H,26,27)(H,31,32). The average Bonchev–Trinajstić information content (AvgIpc) is 2.67.